The number of rotatable bonds is 44. The van der Waals surface area contributed by atoms with Crippen molar-refractivity contribution in [2.75, 3.05) is 13.2 Å². The van der Waals surface area contributed by atoms with Crippen LogP contribution in [-0.2, 0) is 28.6 Å². The van der Waals surface area contributed by atoms with Crippen molar-refractivity contribution in [2.45, 2.75) is 277 Å². The smallest absolute Gasteiger partial charge is 0.306 e. The van der Waals surface area contributed by atoms with Crippen molar-refractivity contribution in [1.82, 2.24) is 0 Å². The Kier molecular flexibility index (Phi) is 42.8. The van der Waals surface area contributed by atoms with Crippen LogP contribution in [0.5, 0.6) is 0 Å². The minimum absolute atomic E-state index is 0.0640. The van der Waals surface area contributed by atoms with E-state index in [1.165, 1.54) is 167 Å². The lowest BCUT2D eigenvalue weighted by atomic mass is 10.0. The topological polar surface area (TPSA) is 78.9 Å². The van der Waals surface area contributed by atoms with Gasteiger partial charge in [-0.1, -0.05) is 233 Å². The quantitative estimate of drug-likeness (QED) is 0.0349. The molecule has 0 unspecified atom stereocenters. The maximum Gasteiger partial charge on any atom is 0.306 e. The van der Waals surface area contributed by atoms with E-state index < -0.39 is 6.10 Å². The number of hydrogen-bond acceptors (Lipinski definition) is 6. The number of carbonyl (C=O) groups excluding carboxylic acids is 3. The molecule has 0 saturated heterocycles. The van der Waals surface area contributed by atoms with Gasteiger partial charge in [-0.2, -0.15) is 0 Å². The zero-order valence-electron chi connectivity index (χ0n) is 36.5. The van der Waals surface area contributed by atoms with Crippen LogP contribution < -0.4 is 0 Å². The molecule has 0 radical (unpaired) electrons. The van der Waals surface area contributed by atoms with Gasteiger partial charge in [0, 0.05) is 19.3 Å². The summed E-state index contributed by atoms with van der Waals surface area (Å²) in [5.41, 5.74) is 0. The van der Waals surface area contributed by atoms with Gasteiger partial charge < -0.3 is 14.2 Å². The summed E-state index contributed by atoms with van der Waals surface area (Å²) in [5.74, 6) is -0.863. The van der Waals surface area contributed by atoms with Crippen LogP contribution in [0.15, 0.2) is 0 Å². The third kappa shape index (κ3) is 41.6. The monoisotopic (exact) mass is 765 g/mol. The molecule has 0 aliphatic carbocycles. The molecule has 54 heavy (non-hydrogen) atoms. The van der Waals surface area contributed by atoms with Gasteiger partial charge in [-0.3, -0.25) is 14.4 Å². The second kappa shape index (κ2) is 44.1. The van der Waals surface area contributed by atoms with Crippen LogP contribution in [0.1, 0.15) is 271 Å². The second-order valence-corrected chi connectivity index (χ2v) is 16.4. The van der Waals surface area contributed by atoms with Gasteiger partial charge in [-0.25, -0.2) is 0 Å². The average molecular weight is 765 g/mol. The van der Waals surface area contributed by atoms with Crippen LogP contribution in [0.25, 0.3) is 0 Å². The highest BCUT2D eigenvalue weighted by atomic mass is 16.6. The summed E-state index contributed by atoms with van der Waals surface area (Å²) >= 11 is 0. The molecule has 0 bridgehead atoms. The molecular weight excluding hydrogens is 673 g/mol. The third-order valence-corrected chi connectivity index (χ3v) is 10.9. The van der Waals surface area contributed by atoms with Crippen molar-refractivity contribution >= 4 is 17.9 Å². The first kappa shape index (κ1) is 52.4. The van der Waals surface area contributed by atoms with Gasteiger partial charge in [0.15, 0.2) is 6.10 Å². The van der Waals surface area contributed by atoms with Crippen molar-refractivity contribution in [3.8, 4) is 0 Å². The molecule has 0 rings (SSSR count). The third-order valence-electron chi connectivity index (χ3n) is 10.9. The Bertz CT molecular complexity index is 798. The summed E-state index contributed by atoms with van der Waals surface area (Å²) < 4.78 is 16.6. The zero-order valence-corrected chi connectivity index (χ0v) is 36.5. The number of carbonyl (C=O) groups is 3. The predicted molar refractivity (Wildman–Crippen MR) is 229 cm³/mol. The van der Waals surface area contributed by atoms with E-state index in [0.29, 0.717) is 19.3 Å². The van der Waals surface area contributed by atoms with Gasteiger partial charge >= 0.3 is 17.9 Å². The molecule has 0 aliphatic heterocycles. The molecule has 0 saturated carbocycles. The normalized spacial score (nSPS) is 11.8. The van der Waals surface area contributed by atoms with Crippen LogP contribution in [0.4, 0.5) is 0 Å². The SMILES string of the molecule is CCCCCCCCCCCCCCCCCCCCC(=O)OC[C@@H](COC(=O)CCCCCCCCCCCCCCC)OC(=O)CCCCCCC. The van der Waals surface area contributed by atoms with Crippen LogP contribution in [0.3, 0.4) is 0 Å². The Morgan fingerprint density at radius 2 is 0.500 bits per heavy atom. The van der Waals surface area contributed by atoms with Crippen molar-refractivity contribution in [1.29, 1.82) is 0 Å². The van der Waals surface area contributed by atoms with Crippen molar-refractivity contribution in [3.63, 3.8) is 0 Å². The Balaban J connectivity index is 4.07. The summed E-state index contributed by atoms with van der Waals surface area (Å²) in [4.78, 5) is 37.5. The van der Waals surface area contributed by atoms with Crippen LogP contribution in [-0.4, -0.2) is 37.2 Å². The first-order valence-electron chi connectivity index (χ1n) is 24.0. The number of hydrogen-bond donors (Lipinski definition) is 0. The van der Waals surface area contributed by atoms with Crippen LogP contribution in [0.2, 0.25) is 0 Å². The van der Waals surface area contributed by atoms with Crippen LogP contribution >= 0.6 is 0 Å². The van der Waals surface area contributed by atoms with E-state index >= 15 is 0 Å². The maximum atomic E-state index is 12.5. The molecule has 0 spiro atoms. The molecule has 0 aromatic rings. The van der Waals surface area contributed by atoms with E-state index in [1.807, 2.05) is 0 Å². The van der Waals surface area contributed by atoms with E-state index in [1.54, 1.807) is 0 Å². The molecule has 0 fully saturated rings. The van der Waals surface area contributed by atoms with Gasteiger partial charge in [0.2, 0.25) is 0 Å². The first-order valence-corrected chi connectivity index (χ1v) is 24.0. The molecule has 0 N–H and O–H groups in total. The molecular formula is C48H92O6. The fraction of sp³-hybridized carbons (Fsp3) is 0.938. The molecule has 320 valence electrons. The summed E-state index contributed by atoms with van der Waals surface area (Å²) in [5, 5.41) is 0. The molecule has 0 aliphatic rings. The maximum absolute atomic E-state index is 12.5. The Morgan fingerprint density at radius 3 is 0.741 bits per heavy atom. The fourth-order valence-electron chi connectivity index (χ4n) is 7.21. The molecule has 0 aromatic heterocycles. The molecule has 0 heterocycles. The lowest BCUT2D eigenvalue weighted by Crippen LogP contribution is -2.30. The van der Waals surface area contributed by atoms with E-state index in [2.05, 4.69) is 20.8 Å². The summed E-state index contributed by atoms with van der Waals surface area (Å²) in [7, 11) is 0. The second-order valence-electron chi connectivity index (χ2n) is 16.4. The molecule has 0 aromatic carbocycles. The lowest BCUT2D eigenvalue weighted by Gasteiger charge is -2.18. The molecule has 0 amide bonds. The van der Waals surface area contributed by atoms with Crippen LogP contribution in [0, 0.1) is 0 Å². The minimum atomic E-state index is -0.756. The van der Waals surface area contributed by atoms with E-state index in [-0.39, 0.29) is 31.1 Å². The van der Waals surface area contributed by atoms with Crippen molar-refractivity contribution in [2.24, 2.45) is 0 Å². The summed E-state index contributed by atoms with van der Waals surface area (Å²) in [6.07, 6.45) is 45.5. The largest absolute Gasteiger partial charge is 0.462 e. The van der Waals surface area contributed by atoms with E-state index in [0.717, 1.165) is 64.2 Å². The lowest BCUT2D eigenvalue weighted by molar-refractivity contribution is -0.167. The van der Waals surface area contributed by atoms with Gasteiger partial charge in [0.25, 0.3) is 0 Å². The standard InChI is InChI=1S/C48H92O6/c1-4-7-10-13-15-17-19-21-22-23-24-25-27-29-31-33-36-38-41-47(50)53-44-45(54-48(51)42-39-34-12-9-6-3)43-52-46(49)40-37-35-32-30-28-26-20-18-16-14-11-8-5-2/h45H,4-44H2,1-3H3/t45-/m1/s1. The molecule has 1 atom stereocenters. The minimum Gasteiger partial charge on any atom is -0.462 e. The fourth-order valence-corrected chi connectivity index (χ4v) is 7.21. The molecule has 6 heteroatoms. The average Bonchev–Trinajstić information content (AvgIpc) is 3.17. The predicted octanol–water partition coefficient (Wildman–Crippen LogP) is 15.3. The van der Waals surface area contributed by atoms with Crippen molar-refractivity contribution in [3.05, 3.63) is 0 Å². The van der Waals surface area contributed by atoms with Gasteiger partial charge in [-0.15, -0.1) is 0 Å². The number of ether oxygens (including phenoxy) is 3. The first-order chi connectivity index (χ1) is 26.5. The Labute approximate surface area is 336 Å². The summed E-state index contributed by atoms with van der Waals surface area (Å²) in [6, 6.07) is 0. The highest BCUT2D eigenvalue weighted by Gasteiger charge is 2.19. The Hall–Kier alpha value is -1.59. The highest BCUT2D eigenvalue weighted by molar-refractivity contribution is 5.71. The number of unbranched alkanes of at least 4 members (excludes halogenated alkanes) is 33. The number of esters is 3. The zero-order chi connectivity index (χ0) is 39.4. The highest BCUT2D eigenvalue weighted by Crippen LogP contribution is 2.16. The van der Waals surface area contributed by atoms with E-state index in [9.17, 15) is 14.4 Å². The van der Waals surface area contributed by atoms with Gasteiger partial charge in [-0.05, 0) is 19.3 Å². The Morgan fingerprint density at radius 1 is 0.296 bits per heavy atom. The van der Waals surface area contributed by atoms with Crippen molar-refractivity contribution < 1.29 is 28.6 Å². The van der Waals surface area contributed by atoms with E-state index in [4.69, 9.17) is 14.2 Å². The van der Waals surface area contributed by atoms with Gasteiger partial charge in [0.05, 0.1) is 0 Å². The van der Waals surface area contributed by atoms with Gasteiger partial charge in [0.1, 0.15) is 13.2 Å². The molecule has 6 nitrogen and oxygen atoms in total. The summed E-state index contributed by atoms with van der Waals surface area (Å²) in [6.45, 7) is 6.58.